The molecule has 1 aliphatic rings. The van der Waals surface area contributed by atoms with Gasteiger partial charge in [-0.15, -0.1) is 0 Å². The van der Waals surface area contributed by atoms with Crippen LogP contribution in [0.2, 0.25) is 0 Å². The first-order chi connectivity index (χ1) is 12.0. The Morgan fingerprint density at radius 2 is 2.32 bits per heavy atom. The topological polar surface area (TPSA) is 85.2 Å². The Hall–Kier alpha value is -2.48. The number of fused-ring (bicyclic) bond motifs is 1. The lowest BCUT2D eigenvalue weighted by Gasteiger charge is -2.25. The highest BCUT2D eigenvalue weighted by Gasteiger charge is 2.31. The summed E-state index contributed by atoms with van der Waals surface area (Å²) >= 11 is 1.55. The van der Waals surface area contributed by atoms with E-state index in [1.54, 1.807) is 43.3 Å². The van der Waals surface area contributed by atoms with Gasteiger partial charge in [-0.1, -0.05) is 11.8 Å². The summed E-state index contributed by atoms with van der Waals surface area (Å²) in [4.78, 5) is 28.9. The molecule has 0 saturated heterocycles. The number of nitrogens with one attached hydrogen (secondary N) is 2. The summed E-state index contributed by atoms with van der Waals surface area (Å²) in [6.45, 7) is 0.361. The van der Waals surface area contributed by atoms with Crippen LogP contribution >= 0.6 is 11.8 Å². The van der Waals surface area contributed by atoms with Crippen LogP contribution in [-0.4, -0.2) is 34.7 Å². The van der Waals surface area contributed by atoms with Gasteiger partial charge in [-0.05, 0) is 30.0 Å². The fourth-order valence-electron chi connectivity index (χ4n) is 2.88. The predicted molar refractivity (Wildman–Crippen MR) is 95.8 cm³/mol. The minimum Gasteiger partial charge on any atom is -0.497 e. The lowest BCUT2D eigenvalue weighted by atomic mass is 9.89. The molecule has 25 heavy (non-hydrogen) atoms. The number of aromatic nitrogens is 2. The van der Waals surface area contributed by atoms with Gasteiger partial charge in [0.25, 0.3) is 0 Å². The second-order valence-electron chi connectivity index (χ2n) is 5.77. The Morgan fingerprint density at radius 1 is 1.52 bits per heavy atom. The number of hydrogen-bond acceptors (Lipinski definition) is 5. The van der Waals surface area contributed by atoms with Gasteiger partial charge >= 0.3 is 0 Å². The number of hydrogen-bond donors (Lipinski definition) is 2. The Kier molecular flexibility index (Phi) is 4.98. The van der Waals surface area contributed by atoms with Gasteiger partial charge in [0, 0.05) is 19.2 Å². The van der Waals surface area contributed by atoms with Gasteiger partial charge in [0.2, 0.25) is 11.8 Å². The van der Waals surface area contributed by atoms with Crippen LogP contribution < -0.4 is 15.4 Å². The summed E-state index contributed by atoms with van der Waals surface area (Å²) < 4.78 is 7.18. The SMILES string of the molecule is COc1ccc2c(c1)[C@@H](C(=O)NCc1cnc(SC)n1C)CC(=O)N2. The summed E-state index contributed by atoms with van der Waals surface area (Å²) in [5.41, 5.74) is 2.33. The van der Waals surface area contributed by atoms with Crippen molar-refractivity contribution in [2.75, 3.05) is 18.7 Å². The number of rotatable bonds is 5. The number of carbonyl (C=O) groups is 2. The standard InChI is InChI=1S/C17H20N4O3S/c1-21-10(9-19-17(21)25-3)8-18-16(23)13-7-15(22)20-14-5-4-11(24-2)6-12(13)14/h4-6,9,13H,7-8H2,1-3H3,(H,18,23)(H,20,22)/t13-/m0/s1. The van der Waals surface area contributed by atoms with Crippen molar-refractivity contribution in [1.29, 1.82) is 0 Å². The molecule has 0 aliphatic carbocycles. The number of thioether (sulfide) groups is 1. The van der Waals surface area contributed by atoms with Crippen LogP contribution in [-0.2, 0) is 23.2 Å². The molecule has 0 spiro atoms. The first-order valence-corrected chi connectivity index (χ1v) is 9.06. The van der Waals surface area contributed by atoms with E-state index in [0.717, 1.165) is 16.4 Å². The molecule has 0 saturated carbocycles. The van der Waals surface area contributed by atoms with E-state index in [2.05, 4.69) is 15.6 Å². The molecule has 1 aromatic carbocycles. The van der Waals surface area contributed by atoms with Crippen molar-refractivity contribution in [3.63, 3.8) is 0 Å². The first kappa shape index (κ1) is 17.3. The smallest absolute Gasteiger partial charge is 0.228 e. The lowest BCUT2D eigenvalue weighted by molar-refractivity contribution is -0.126. The molecule has 8 heteroatoms. The molecule has 0 radical (unpaired) electrons. The highest BCUT2D eigenvalue weighted by atomic mass is 32.2. The maximum absolute atomic E-state index is 12.7. The zero-order valence-corrected chi connectivity index (χ0v) is 15.1. The summed E-state index contributed by atoms with van der Waals surface area (Å²) in [7, 11) is 3.48. The number of amides is 2. The molecule has 3 rings (SSSR count). The van der Waals surface area contributed by atoms with E-state index in [-0.39, 0.29) is 18.2 Å². The third kappa shape index (κ3) is 3.48. The Labute approximate surface area is 150 Å². The molecule has 1 aromatic heterocycles. The molecule has 1 aliphatic heterocycles. The van der Waals surface area contributed by atoms with Crippen LogP contribution in [0.25, 0.3) is 0 Å². The summed E-state index contributed by atoms with van der Waals surface area (Å²) in [6, 6.07) is 5.32. The van der Waals surface area contributed by atoms with Crippen LogP contribution in [0.3, 0.4) is 0 Å². The Morgan fingerprint density at radius 3 is 3.00 bits per heavy atom. The van der Waals surface area contributed by atoms with E-state index in [0.29, 0.717) is 18.0 Å². The fourth-order valence-corrected chi connectivity index (χ4v) is 3.43. The molecule has 1 atom stereocenters. The van der Waals surface area contributed by atoms with Crippen LogP contribution in [0.1, 0.15) is 23.6 Å². The van der Waals surface area contributed by atoms with Gasteiger partial charge in [0.15, 0.2) is 5.16 Å². The van der Waals surface area contributed by atoms with E-state index in [9.17, 15) is 9.59 Å². The predicted octanol–water partition coefficient (Wildman–Crippen LogP) is 1.89. The number of ether oxygens (including phenoxy) is 1. The van der Waals surface area contributed by atoms with Gasteiger partial charge in [-0.3, -0.25) is 9.59 Å². The van der Waals surface area contributed by atoms with E-state index >= 15 is 0 Å². The molecular weight excluding hydrogens is 340 g/mol. The Balaban J connectivity index is 1.78. The summed E-state index contributed by atoms with van der Waals surface area (Å²) in [6.07, 6.45) is 3.82. The normalized spacial score (nSPS) is 16.1. The maximum Gasteiger partial charge on any atom is 0.228 e. The van der Waals surface area contributed by atoms with Crippen LogP contribution in [0.15, 0.2) is 29.6 Å². The molecule has 0 bridgehead atoms. The number of anilines is 1. The van der Waals surface area contributed by atoms with Crippen molar-refractivity contribution in [3.8, 4) is 5.75 Å². The number of methoxy groups -OCH3 is 1. The van der Waals surface area contributed by atoms with Crippen molar-refractivity contribution in [2.45, 2.75) is 24.0 Å². The quantitative estimate of drug-likeness (QED) is 0.796. The second kappa shape index (κ2) is 7.18. The summed E-state index contributed by atoms with van der Waals surface area (Å²) in [5.74, 6) is -0.227. The number of nitrogens with zero attached hydrogens (tertiary/aromatic N) is 2. The zero-order chi connectivity index (χ0) is 18.0. The van der Waals surface area contributed by atoms with Crippen LogP contribution in [0.5, 0.6) is 5.75 Å². The van der Waals surface area contributed by atoms with Crippen LogP contribution in [0.4, 0.5) is 5.69 Å². The first-order valence-electron chi connectivity index (χ1n) is 7.83. The lowest BCUT2D eigenvalue weighted by Crippen LogP contribution is -2.35. The fraction of sp³-hybridized carbons (Fsp3) is 0.353. The highest BCUT2D eigenvalue weighted by Crippen LogP contribution is 2.35. The number of benzene rings is 1. The maximum atomic E-state index is 12.7. The average Bonchev–Trinajstić information content (AvgIpc) is 2.98. The van der Waals surface area contributed by atoms with Crippen molar-refractivity contribution >= 4 is 29.3 Å². The van der Waals surface area contributed by atoms with Crippen LogP contribution in [0, 0.1) is 0 Å². The van der Waals surface area contributed by atoms with Gasteiger partial charge in [0.05, 0.1) is 31.5 Å². The van der Waals surface area contributed by atoms with E-state index in [1.165, 1.54) is 0 Å². The van der Waals surface area contributed by atoms with E-state index in [4.69, 9.17) is 4.74 Å². The summed E-state index contributed by atoms with van der Waals surface area (Å²) in [5, 5.41) is 6.60. The van der Waals surface area contributed by atoms with Gasteiger partial charge in [0.1, 0.15) is 5.75 Å². The Bertz CT molecular complexity index is 818. The molecule has 132 valence electrons. The van der Waals surface area contributed by atoms with Gasteiger partial charge in [-0.2, -0.15) is 0 Å². The molecular formula is C17H20N4O3S. The van der Waals surface area contributed by atoms with Crippen molar-refractivity contribution in [1.82, 2.24) is 14.9 Å². The largest absolute Gasteiger partial charge is 0.497 e. The van der Waals surface area contributed by atoms with Crippen molar-refractivity contribution < 1.29 is 14.3 Å². The van der Waals surface area contributed by atoms with Gasteiger partial charge < -0.3 is 19.9 Å². The van der Waals surface area contributed by atoms with E-state index < -0.39 is 5.92 Å². The van der Waals surface area contributed by atoms with Crippen molar-refractivity contribution in [3.05, 3.63) is 35.7 Å². The molecule has 2 N–H and O–H groups in total. The number of imidazole rings is 1. The number of carbonyl (C=O) groups excluding carboxylic acids is 2. The average molecular weight is 360 g/mol. The minimum atomic E-state index is -0.535. The molecule has 0 fully saturated rings. The molecule has 2 aromatic rings. The third-order valence-corrected chi connectivity index (χ3v) is 5.03. The second-order valence-corrected chi connectivity index (χ2v) is 6.54. The highest BCUT2D eigenvalue weighted by molar-refractivity contribution is 7.98. The third-order valence-electron chi connectivity index (χ3n) is 4.28. The van der Waals surface area contributed by atoms with E-state index in [1.807, 2.05) is 17.9 Å². The minimum absolute atomic E-state index is 0.119. The van der Waals surface area contributed by atoms with Gasteiger partial charge in [-0.25, -0.2) is 4.98 Å². The monoisotopic (exact) mass is 360 g/mol. The molecule has 7 nitrogen and oxygen atoms in total. The van der Waals surface area contributed by atoms with Crippen molar-refractivity contribution in [2.24, 2.45) is 7.05 Å². The zero-order valence-electron chi connectivity index (χ0n) is 14.3. The molecule has 2 heterocycles. The molecule has 2 amide bonds. The molecule has 0 unspecified atom stereocenters.